The van der Waals surface area contributed by atoms with Gasteiger partial charge in [0, 0.05) is 13.2 Å². The summed E-state index contributed by atoms with van der Waals surface area (Å²) >= 11 is 0. The number of aromatic nitrogens is 3. The molecule has 0 saturated carbocycles. The molecule has 0 spiro atoms. The third kappa shape index (κ3) is 1.54. The van der Waals surface area contributed by atoms with Crippen molar-refractivity contribution in [2.24, 2.45) is 7.05 Å². The molecule has 0 aliphatic heterocycles. The van der Waals surface area contributed by atoms with Crippen LogP contribution in [0.1, 0.15) is 0 Å². The van der Waals surface area contributed by atoms with E-state index in [9.17, 15) is 9.59 Å². The lowest BCUT2D eigenvalue weighted by molar-refractivity contribution is 0.209. The van der Waals surface area contributed by atoms with Crippen molar-refractivity contribution < 1.29 is 9.90 Å². The van der Waals surface area contributed by atoms with Crippen LogP contribution in [0.2, 0.25) is 0 Å². The molecule has 0 aromatic carbocycles. The van der Waals surface area contributed by atoms with E-state index in [1.165, 1.54) is 28.4 Å². The summed E-state index contributed by atoms with van der Waals surface area (Å²) in [6.45, 7) is 0. The van der Waals surface area contributed by atoms with Crippen molar-refractivity contribution in [3.63, 3.8) is 0 Å². The van der Waals surface area contributed by atoms with Gasteiger partial charge in [-0.05, 0) is 12.1 Å². The summed E-state index contributed by atoms with van der Waals surface area (Å²) in [5.41, 5.74) is 0.475. The minimum Gasteiger partial charge on any atom is -0.465 e. The van der Waals surface area contributed by atoms with Gasteiger partial charge in [-0.15, -0.1) is 0 Å². The second-order valence-corrected chi connectivity index (χ2v) is 2.98. The number of anilines is 1. The van der Waals surface area contributed by atoms with Crippen molar-refractivity contribution in [3.8, 4) is 0 Å². The number of pyridine rings is 1. The Kier molecular flexibility index (Phi) is 1.93. The first-order valence-electron chi connectivity index (χ1n) is 4.13. The van der Waals surface area contributed by atoms with E-state index >= 15 is 0 Å². The van der Waals surface area contributed by atoms with E-state index < -0.39 is 6.09 Å². The van der Waals surface area contributed by atoms with E-state index in [0.29, 0.717) is 11.3 Å². The maximum atomic E-state index is 11.5. The molecule has 0 bridgehead atoms. The second kappa shape index (κ2) is 3.12. The first-order chi connectivity index (χ1) is 7.08. The molecule has 7 nitrogen and oxygen atoms in total. The number of fused-ring (bicyclic) bond motifs is 1. The van der Waals surface area contributed by atoms with E-state index in [1.54, 1.807) is 6.07 Å². The number of hydrogen-bond donors (Lipinski definition) is 2. The molecule has 7 heteroatoms. The van der Waals surface area contributed by atoms with Gasteiger partial charge >= 0.3 is 11.8 Å². The summed E-state index contributed by atoms with van der Waals surface area (Å²) in [6, 6.07) is 3.10. The van der Waals surface area contributed by atoms with E-state index in [4.69, 9.17) is 5.11 Å². The monoisotopic (exact) mass is 208 g/mol. The Morgan fingerprint density at radius 3 is 2.93 bits per heavy atom. The maximum absolute atomic E-state index is 11.5. The maximum Gasteiger partial charge on any atom is 0.409 e. The van der Waals surface area contributed by atoms with Gasteiger partial charge in [-0.2, -0.15) is 5.10 Å². The molecule has 2 rings (SSSR count). The highest BCUT2D eigenvalue weighted by atomic mass is 16.4. The molecule has 78 valence electrons. The van der Waals surface area contributed by atoms with Crippen molar-refractivity contribution in [2.75, 3.05) is 5.32 Å². The molecule has 0 fully saturated rings. The summed E-state index contributed by atoms with van der Waals surface area (Å²) in [6.07, 6.45) is 0.213. The Hall–Kier alpha value is -2.31. The average Bonchev–Trinajstić information content (AvgIpc) is 2.43. The van der Waals surface area contributed by atoms with Crippen LogP contribution in [-0.4, -0.2) is 25.4 Å². The molecular formula is C8H8N4O3. The molecule has 2 aromatic rings. The highest BCUT2D eigenvalue weighted by Crippen LogP contribution is 2.07. The zero-order valence-electron chi connectivity index (χ0n) is 7.84. The van der Waals surface area contributed by atoms with E-state index in [1.807, 2.05) is 0 Å². The van der Waals surface area contributed by atoms with Gasteiger partial charge in [0.1, 0.15) is 0 Å². The van der Waals surface area contributed by atoms with Crippen LogP contribution in [0.4, 0.5) is 10.5 Å². The van der Waals surface area contributed by atoms with Crippen LogP contribution in [0, 0.1) is 0 Å². The van der Waals surface area contributed by atoms with Gasteiger partial charge in [0.25, 0.3) is 0 Å². The summed E-state index contributed by atoms with van der Waals surface area (Å²) in [5.74, 6) is 0. The van der Waals surface area contributed by atoms with Gasteiger partial charge in [0.2, 0.25) is 0 Å². The zero-order chi connectivity index (χ0) is 11.0. The lowest BCUT2D eigenvalue weighted by Gasteiger charge is -1.99. The summed E-state index contributed by atoms with van der Waals surface area (Å²) in [7, 11) is 1.53. The van der Waals surface area contributed by atoms with Crippen molar-refractivity contribution in [2.45, 2.75) is 0 Å². The van der Waals surface area contributed by atoms with Gasteiger partial charge in [0.05, 0.1) is 5.69 Å². The Morgan fingerprint density at radius 2 is 2.27 bits per heavy atom. The van der Waals surface area contributed by atoms with Gasteiger partial charge in [0.15, 0.2) is 5.65 Å². The van der Waals surface area contributed by atoms with Crippen molar-refractivity contribution in [1.82, 2.24) is 14.2 Å². The molecular weight excluding hydrogens is 200 g/mol. The molecule has 0 unspecified atom stereocenters. The zero-order valence-corrected chi connectivity index (χ0v) is 7.84. The van der Waals surface area contributed by atoms with Crippen LogP contribution < -0.4 is 11.0 Å². The lowest BCUT2D eigenvalue weighted by atomic mass is 10.4. The topological polar surface area (TPSA) is 88.6 Å². The van der Waals surface area contributed by atoms with Crippen LogP contribution >= 0.6 is 0 Å². The van der Waals surface area contributed by atoms with Gasteiger partial charge in [-0.1, -0.05) is 0 Å². The number of aryl methyl sites for hydroxylation is 1. The van der Waals surface area contributed by atoms with Gasteiger partial charge < -0.3 is 5.11 Å². The molecule has 0 atom stereocenters. The third-order valence-corrected chi connectivity index (χ3v) is 1.91. The normalized spacial score (nSPS) is 10.5. The predicted molar refractivity (Wildman–Crippen MR) is 52.1 cm³/mol. The van der Waals surface area contributed by atoms with Crippen molar-refractivity contribution >= 4 is 17.4 Å². The molecule has 15 heavy (non-hydrogen) atoms. The smallest absolute Gasteiger partial charge is 0.409 e. The standard InChI is InChI=1S/C8H8N4O3/c1-11-8(15)12-4-5(9-7(13)14)2-3-6(12)10-11/h2-4,9H,1H3,(H,13,14). The first kappa shape index (κ1) is 9.25. The first-order valence-corrected chi connectivity index (χ1v) is 4.13. The van der Waals surface area contributed by atoms with Crippen LogP contribution in [0.5, 0.6) is 0 Å². The van der Waals surface area contributed by atoms with Crippen LogP contribution in [-0.2, 0) is 7.05 Å². The number of carbonyl (C=O) groups is 1. The van der Waals surface area contributed by atoms with Crippen LogP contribution in [0.25, 0.3) is 5.65 Å². The molecule has 0 saturated heterocycles. The third-order valence-electron chi connectivity index (χ3n) is 1.91. The Morgan fingerprint density at radius 1 is 1.53 bits per heavy atom. The van der Waals surface area contributed by atoms with E-state index in [-0.39, 0.29) is 5.69 Å². The van der Waals surface area contributed by atoms with Crippen molar-refractivity contribution in [1.29, 1.82) is 0 Å². The summed E-state index contributed by atoms with van der Waals surface area (Å²) in [4.78, 5) is 21.8. The molecule has 2 N–H and O–H groups in total. The van der Waals surface area contributed by atoms with E-state index in [2.05, 4.69) is 10.4 Å². The summed E-state index contributed by atoms with van der Waals surface area (Å²) < 4.78 is 2.45. The minimum absolute atomic E-state index is 0.320. The van der Waals surface area contributed by atoms with Crippen molar-refractivity contribution in [3.05, 3.63) is 28.8 Å². The molecule has 1 amide bonds. The summed E-state index contributed by atoms with van der Waals surface area (Å²) in [5, 5.41) is 14.6. The lowest BCUT2D eigenvalue weighted by Crippen LogP contribution is -2.18. The molecule has 0 aliphatic carbocycles. The predicted octanol–water partition coefficient (Wildman–Crippen LogP) is 0.123. The number of nitrogens with zero attached hydrogens (tertiary/aromatic N) is 3. The second-order valence-electron chi connectivity index (χ2n) is 2.98. The number of amides is 1. The van der Waals surface area contributed by atoms with Gasteiger partial charge in [-0.25, -0.2) is 18.7 Å². The largest absolute Gasteiger partial charge is 0.465 e. The number of carboxylic acid groups (broad SMARTS) is 1. The molecule has 0 radical (unpaired) electrons. The minimum atomic E-state index is -1.17. The highest BCUT2D eigenvalue weighted by molar-refractivity contribution is 5.82. The quantitative estimate of drug-likeness (QED) is 0.696. The Labute approximate surface area is 83.6 Å². The number of hydrogen-bond acceptors (Lipinski definition) is 3. The average molecular weight is 208 g/mol. The molecule has 2 heterocycles. The van der Waals surface area contributed by atoms with E-state index in [0.717, 1.165) is 0 Å². The van der Waals surface area contributed by atoms with Crippen LogP contribution in [0.15, 0.2) is 23.1 Å². The number of rotatable bonds is 1. The SMILES string of the molecule is Cn1nc2ccc(NC(=O)O)cn2c1=O. The van der Waals surface area contributed by atoms with Gasteiger partial charge in [-0.3, -0.25) is 5.32 Å². The highest BCUT2D eigenvalue weighted by Gasteiger charge is 2.05. The fourth-order valence-electron chi connectivity index (χ4n) is 1.28. The molecule has 2 aromatic heterocycles. The fraction of sp³-hybridized carbons (Fsp3) is 0.125. The fourth-order valence-corrected chi connectivity index (χ4v) is 1.28. The Balaban J connectivity index is 2.59. The molecule has 0 aliphatic rings. The van der Waals surface area contributed by atoms with Crippen LogP contribution in [0.3, 0.4) is 0 Å². The number of nitrogens with one attached hydrogen (secondary N) is 1. The Bertz CT molecular complexity index is 583.